The van der Waals surface area contributed by atoms with Gasteiger partial charge in [0, 0.05) is 0 Å². The van der Waals surface area contributed by atoms with Crippen LogP contribution in [0.15, 0.2) is 12.7 Å². The number of carbonyl (C=O) groups excluding carboxylic acids is 1. The molecule has 0 heterocycles. The highest BCUT2D eigenvalue weighted by molar-refractivity contribution is 5.45. The minimum atomic E-state index is 0.431. The van der Waals surface area contributed by atoms with E-state index in [2.05, 4.69) is 11.4 Å². The second kappa shape index (κ2) is 4.33. The summed E-state index contributed by atoms with van der Waals surface area (Å²) in [5, 5.41) is 1.13. The van der Waals surface area contributed by atoms with Crippen molar-refractivity contribution >= 4 is 6.41 Å². The summed E-state index contributed by atoms with van der Waals surface area (Å²) < 4.78 is 0. The van der Waals surface area contributed by atoms with Crippen LogP contribution in [0.25, 0.3) is 0 Å². The second-order valence-electron chi connectivity index (χ2n) is 1.18. The molecule has 46 valence electrons. The monoisotopic (exact) mass is 115 g/mol. The van der Waals surface area contributed by atoms with Gasteiger partial charge in [0.1, 0.15) is 0 Å². The molecule has 0 aliphatic carbocycles. The lowest BCUT2D eigenvalue weighted by Gasteiger charge is -2.08. The SMILES string of the molecule is C=CCN(C=O)OC. The molecule has 0 bridgehead atoms. The molecule has 0 rings (SSSR count). The van der Waals surface area contributed by atoms with Gasteiger partial charge in [-0.2, -0.15) is 0 Å². The lowest BCUT2D eigenvalue weighted by Crippen LogP contribution is -2.19. The van der Waals surface area contributed by atoms with Gasteiger partial charge < -0.3 is 0 Å². The molecule has 0 aromatic carbocycles. The Hall–Kier alpha value is -0.830. The molecule has 0 fully saturated rings. The Balaban J connectivity index is 3.35. The van der Waals surface area contributed by atoms with Gasteiger partial charge >= 0.3 is 0 Å². The molecule has 0 unspecified atom stereocenters. The molecule has 0 aromatic rings. The van der Waals surface area contributed by atoms with Crippen molar-refractivity contribution in [1.29, 1.82) is 0 Å². The van der Waals surface area contributed by atoms with Crippen LogP contribution in [0.3, 0.4) is 0 Å². The van der Waals surface area contributed by atoms with Crippen LogP contribution >= 0.6 is 0 Å². The number of hydrogen-bond donors (Lipinski definition) is 0. The lowest BCUT2D eigenvalue weighted by atomic mass is 10.6. The first kappa shape index (κ1) is 7.17. The first-order valence-electron chi connectivity index (χ1n) is 2.22. The van der Waals surface area contributed by atoms with Crippen molar-refractivity contribution in [3.63, 3.8) is 0 Å². The Morgan fingerprint density at radius 2 is 2.50 bits per heavy atom. The minimum Gasteiger partial charge on any atom is -0.276 e. The molecular weight excluding hydrogens is 106 g/mol. The number of hydroxylamine groups is 2. The molecule has 0 atom stereocenters. The molecule has 0 radical (unpaired) electrons. The average molecular weight is 115 g/mol. The van der Waals surface area contributed by atoms with Crippen LogP contribution in [0, 0.1) is 0 Å². The maximum atomic E-state index is 9.88. The van der Waals surface area contributed by atoms with E-state index in [0.717, 1.165) is 5.06 Å². The Bertz CT molecular complexity index is 82.5. The van der Waals surface area contributed by atoms with Gasteiger partial charge in [-0.3, -0.25) is 9.63 Å². The van der Waals surface area contributed by atoms with Crippen molar-refractivity contribution in [3.05, 3.63) is 12.7 Å². The summed E-state index contributed by atoms with van der Waals surface area (Å²) in [6.07, 6.45) is 2.18. The number of hydrogen-bond acceptors (Lipinski definition) is 2. The molecule has 0 aliphatic heterocycles. The van der Waals surface area contributed by atoms with Crippen molar-refractivity contribution in [2.75, 3.05) is 13.7 Å². The van der Waals surface area contributed by atoms with E-state index in [4.69, 9.17) is 0 Å². The van der Waals surface area contributed by atoms with E-state index in [1.54, 1.807) is 6.08 Å². The highest BCUT2D eigenvalue weighted by Gasteiger charge is 1.90. The van der Waals surface area contributed by atoms with Crippen molar-refractivity contribution in [2.24, 2.45) is 0 Å². The van der Waals surface area contributed by atoms with Crippen molar-refractivity contribution in [2.45, 2.75) is 0 Å². The van der Waals surface area contributed by atoms with E-state index < -0.39 is 0 Å². The third-order valence-corrected chi connectivity index (χ3v) is 0.661. The quantitative estimate of drug-likeness (QED) is 0.297. The summed E-state index contributed by atoms with van der Waals surface area (Å²) in [5.41, 5.74) is 0. The molecule has 3 heteroatoms. The van der Waals surface area contributed by atoms with E-state index in [0.29, 0.717) is 13.0 Å². The van der Waals surface area contributed by atoms with Gasteiger partial charge in [-0.05, 0) is 0 Å². The van der Waals surface area contributed by atoms with Crippen LogP contribution in [0.2, 0.25) is 0 Å². The summed E-state index contributed by atoms with van der Waals surface area (Å²) in [4.78, 5) is 14.4. The van der Waals surface area contributed by atoms with Crippen molar-refractivity contribution < 1.29 is 9.63 Å². The molecule has 0 aromatic heterocycles. The van der Waals surface area contributed by atoms with E-state index in [1.165, 1.54) is 7.11 Å². The topological polar surface area (TPSA) is 29.5 Å². The van der Waals surface area contributed by atoms with Crippen molar-refractivity contribution in [3.8, 4) is 0 Å². The van der Waals surface area contributed by atoms with Crippen LogP contribution in [0.5, 0.6) is 0 Å². The fourth-order valence-corrected chi connectivity index (χ4v) is 0.288. The molecule has 0 spiro atoms. The summed E-state index contributed by atoms with van der Waals surface area (Å²) in [7, 11) is 1.43. The maximum Gasteiger partial charge on any atom is 0.233 e. The molecule has 0 saturated heterocycles. The number of amides is 1. The van der Waals surface area contributed by atoms with Gasteiger partial charge in [-0.1, -0.05) is 6.08 Å². The average Bonchev–Trinajstić information content (AvgIpc) is 1.83. The van der Waals surface area contributed by atoms with E-state index in [1.807, 2.05) is 0 Å². The van der Waals surface area contributed by atoms with Crippen LogP contribution in [0.1, 0.15) is 0 Å². The van der Waals surface area contributed by atoms with Crippen LogP contribution in [-0.4, -0.2) is 25.1 Å². The van der Waals surface area contributed by atoms with E-state index in [9.17, 15) is 4.79 Å². The van der Waals surface area contributed by atoms with Crippen LogP contribution in [0.4, 0.5) is 0 Å². The Kier molecular flexibility index (Phi) is 3.88. The van der Waals surface area contributed by atoms with E-state index >= 15 is 0 Å². The third kappa shape index (κ3) is 2.36. The standard InChI is InChI=1S/C5H9NO2/c1-3-4-6(5-7)8-2/h3,5H,1,4H2,2H3. The maximum absolute atomic E-state index is 9.88. The first-order chi connectivity index (χ1) is 3.85. The highest BCUT2D eigenvalue weighted by Crippen LogP contribution is 1.79. The molecule has 8 heavy (non-hydrogen) atoms. The molecule has 1 amide bonds. The summed E-state index contributed by atoms with van der Waals surface area (Å²) in [6.45, 7) is 3.85. The zero-order chi connectivity index (χ0) is 6.41. The molecule has 0 N–H and O–H groups in total. The van der Waals surface area contributed by atoms with Gasteiger partial charge in [0.25, 0.3) is 0 Å². The third-order valence-electron chi connectivity index (χ3n) is 0.661. The van der Waals surface area contributed by atoms with Gasteiger partial charge in [0.15, 0.2) is 0 Å². The largest absolute Gasteiger partial charge is 0.276 e. The Morgan fingerprint density at radius 3 is 2.62 bits per heavy atom. The zero-order valence-electron chi connectivity index (χ0n) is 4.83. The van der Waals surface area contributed by atoms with Crippen LogP contribution < -0.4 is 0 Å². The predicted octanol–water partition coefficient (Wildman–Crippen LogP) is 0.192. The summed E-state index contributed by atoms with van der Waals surface area (Å²) in [5.74, 6) is 0. The number of rotatable bonds is 4. The summed E-state index contributed by atoms with van der Waals surface area (Å²) >= 11 is 0. The lowest BCUT2D eigenvalue weighted by molar-refractivity contribution is -0.157. The minimum absolute atomic E-state index is 0.431. The van der Waals surface area contributed by atoms with Crippen LogP contribution in [-0.2, 0) is 9.63 Å². The van der Waals surface area contributed by atoms with Gasteiger partial charge in [0.05, 0.1) is 13.7 Å². The fraction of sp³-hybridized carbons (Fsp3) is 0.400. The predicted molar refractivity (Wildman–Crippen MR) is 30.0 cm³/mol. The van der Waals surface area contributed by atoms with Gasteiger partial charge in [-0.15, -0.1) is 6.58 Å². The van der Waals surface area contributed by atoms with E-state index in [-0.39, 0.29) is 0 Å². The second-order valence-corrected chi connectivity index (χ2v) is 1.18. The Labute approximate surface area is 48.5 Å². The summed E-state index contributed by atoms with van der Waals surface area (Å²) in [6, 6.07) is 0. The number of nitrogens with zero attached hydrogens (tertiary/aromatic N) is 1. The molecule has 0 saturated carbocycles. The zero-order valence-corrected chi connectivity index (χ0v) is 4.83. The molecule has 3 nitrogen and oxygen atoms in total. The van der Waals surface area contributed by atoms with Crippen molar-refractivity contribution in [1.82, 2.24) is 5.06 Å². The highest BCUT2D eigenvalue weighted by atomic mass is 16.7. The van der Waals surface area contributed by atoms with Gasteiger partial charge in [-0.25, -0.2) is 5.06 Å². The molecule has 0 aliphatic rings. The first-order valence-corrected chi connectivity index (χ1v) is 2.22. The smallest absolute Gasteiger partial charge is 0.233 e. The molecular formula is C5H9NO2. The normalized spacial score (nSPS) is 8.12. The number of carbonyl (C=O) groups is 1. The van der Waals surface area contributed by atoms with Gasteiger partial charge in [0.2, 0.25) is 6.41 Å². The fourth-order valence-electron chi connectivity index (χ4n) is 0.288. The Morgan fingerprint density at radius 1 is 1.88 bits per heavy atom.